The largest absolute Gasteiger partial charge is 0.328 e. The number of hydrogen-bond acceptors (Lipinski definition) is 2. The Bertz CT molecular complexity index is 203. The van der Waals surface area contributed by atoms with Crippen LogP contribution in [0.1, 0.15) is 18.1 Å². The van der Waals surface area contributed by atoms with E-state index >= 15 is 0 Å². The van der Waals surface area contributed by atoms with Crippen LogP contribution in [0.5, 0.6) is 0 Å². The van der Waals surface area contributed by atoms with E-state index in [1.54, 1.807) is 11.3 Å². The second-order valence-electron chi connectivity index (χ2n) is 2.76. The highest BCUT2D eigenvalue weighted by molar-refractivity contribution is 7.08. The minimum Gasteiger partial charge on any atom is -0.328 e. The first-order valence-corrected chi connectivity index (χ1v) is 4.41. The molecule has 0 unspecified atom stereocenters. The van der Waals surface area contributed by atoms with Gasteiger partial charge in [-0.25, -0.2) is 0 Å². The van der Waals surface area contributed by atoms with Crippen molar-refractivity contribution in [2.75, 3.05) is 0 Å². The fourth-order valence-corrected chi connectivity index (χ4v) is 1.81. The van der Waals surface area contributed by atoms with Crippen molar-refractivity contribution in [2.45, 2.75) is 26.3 Å². The molecule has 1 heterocycles. The van der Waals surface area contributed by atoms with Gasteiger partial charge in [0.1, 0.15) is 0 Å². The maximum Gasteiger partial charge on any atom is 0.00513 e. The molecule has 0 fully saturated rings. The maximum absolute atomic E-state index is 5.66. The van der Waals surface area contributed by atoms with E-state index < -0.39 is 0 Å². The summed E-state index contributed by atoms with van der Waals surface area (Å²) in [5, 5.41) is 4.34. The molecule has 2 N–H and O–H groups in total. The Labute approximate surface area is 65.9 Å². The third kappa shape index (κ3) is 1.82. The predicted molar refractivity (Wildman–Crippen MR) is 46.4 cm³/mol. The Kier molecular flexibility index (Phi) is 2.46. The van der Waals surface area contributed by atoms with Gasteiger partial charge in [0.05, 0.1) is 0 Å². The van der Waals surface area contributed by atoms with Gasteiger partial charge in [0, 0.05) is 6.04 Å². The number of hydrogen-bond donors (Lipinski definition) is 1. The Morgan fingerprint density at radius 2 is 2.30 bits per heavy atom. The summed E-state index contributed by atoms with van der Waals surface area (Å²) in [5.41, 5.74) is 8.44. The minimum atomic E-state index is 0.285. The average Bonchev–Trinajstić information content (AvgIpc) is 2.15. The number of rotatable bonds is 2. The van der Waals surface area contributed by atoms with Crippen LogP contribution < -0.4 is 5.73 Å². The molecule has 1 nitrogen and oxygen atoms in total. The molecule has 0 aromatic carbocycles. The van der Waals surface area contributed by atoms with Gasteiger partial charge in [-0.05, 0) is 42.2 Å². The Morgan fingerprint density at radius 3 is 2.70 bits per heavy atom. The zero-order chi connectivity index (χ0) is 7.56. The molecule has 1 atom stereocenters. The second kappa shape index (κ2) is 3.17. The lowest BCUT2D eigenvalue weighted by Crippen LogP contribution is -2.17. The zero-order valence-corrected chi connectivity index (χ0v) is 7.24. The zero-order valence-electron chi connectivity index (χ0n) is 6.42. The molecule has 1 aromatic heterocycles. The van der Waals surface area contributed by atoms with E-state index in [-0.39, 0.29) is 6.04 Å². The standard InChI is InChI=1S/C8H13NS/c1-6-4-10-5-8(6)3-7(2)9/h4-5,7H,3,9H2,1-2H3/t7-/m0/s1. The van der Waals surface area contributed by atoms with Gasteiger partial charge < -0.3 is 5.73 Å². The van der Waals surface area contributed by atoms with Gasteiger partial charge in [0.15, 0.2) is 0 Å². The molecular weight excluding hydrogens is 142 g/mol. The SMILES string of the molecule is Cc1cscc1C[C@H](C)N. The third-order valence-corrected chi connectivity index (χ3v) is 2.41. The summed E-state index contributed by atoms with van der Waals surface area (Å²) in [7, 11) is 0. The van der Waals surface area contributed by atoms with Crippen LogP contribution in [0.4, 0.5) is 0 Å². The third-order valence-electron chi connectivity index (χ3n) is 1.50. The summed E-state index contributed by atoms with van der Waals surface area (Å²) in [6.07, 6.45) is 1.01. The first-order valence-electron chi connectivity index (χ1n) is 3.47. The highest BCUT2D eigenvalue weighted by Gasteiger charge is 2.00. The van der Waals surface area contributed by atoms with Gasteiger partial charge >= 0.3 is 0 Å². The minimum absolute atomic E-state index is 0.285. The van der Waals surface area contributed by atoms with E-state index in [2.05, 4.69) is 17.7 Å². The molecule has 0 radical (unpaired) electrons. The molecule has 0 bridgehead atoms. The van der Waals surface area contributed by atoms with Crippen molar-refractivity contribution in [2.24, 2.45) is 5.73 Å². The molecule has 0 aliphatic heterocycles. The topological polar surface area (TPSA) is 26.0 Å². The summed E-state index contributed by atoms with van der Waals surface area (Å²) in [6.45, 7) is 4.17. The molecule has 2 heteroatoms. The Morgan fingerprint density at radius 1 is 1.60 bits per heavy atom. The molecule has 0 saturated carbocycles. The number of nitrogens with two attached hydrogens (primary N) is 1. The van der Waals surface area contributed by atoms with Gasteiger partial charge in [0.2, 0.25) is 0 Å². The van der Waals surface area contributed by atoms with Crippen molar-refractivity contribution < 1.29 is 0 Å². The lowest BCUT2D eigenvalue weighted by Gasteiger charge is -2.02. The van der Waals surface area contributed by atoms with Crippen LogP contribution >= 0.6 is 11.3 Å². The summed E-state index contributed by atoms with van der Waals surface area (Å²) < 4.78 is 0. The monoisotopic (exact) mass is 155 g/mol. The highest BCUT2D eigenvalue weighted by atomic mass is 32.1. The van der Waals surface area contributed by atoms with Gasteiger partial charge in [0.25, 0.3) is 0 Å². The van der Waals surface area contributed by atoms with Crippen LogP contribution in [-0.4, -0.2) is 6.04 Å². The second-order valence-corrected chi connectivity index (χ2v) is 3.51. The average molecular weight is 155 g/mol. The van der Waals surface area contributed by atoms with Crippen molar-refractivity contribution in [3.63, 3.8) is 0 Å². The predicted octanol–water partition coefficient (Wildman–Crippen LogP) is 1.95. The first kappa shape index (κ1) is 7.76. The fourth-order valence-electron chi connectivity index (χ4n) is 0.943. The van der Waals surface area contributed by atoms with Crippen molar-refractivity contribution in [3.05, 3.63) is 21.9 Å². The molecule has 10 heavy (non-hydrogen) atoms. The summed E-state index contributed by atoms with van der Waals surface area (Å²) >= 11 is 1.75. The highest BCUT2D eigenvalue weighted by Crippen LogP contribution is 2.14. The smallest absolute Gasteiger partial charge is 0.00513 e. The fraction of sp³-hybridized carbons (Fsp3) is 0.500. The maximum atomic E-state index is 5.66. The van der Waals surface area contributed by atoms with Gasteiger partial charge in [-0.3, -0.25) is 0 Å². The lowest BCUT2D eigenvalue weighted by molar-refractivity contribution is 0.737. The van der Waals surface area contributed by atoms with Crippen LogP contribution in [0.25, 0.3) is 0 Å². The lowest BCUT2D eigenvalue weighted by atomic mass is 10.1. The molecule has 0 aliphatic carbocycles. The summed E-state index contributed by atoms with van der Waals surface area (Å²) in [4.78, 5) is 0. The van der Waals surface area contributed by atoms with Gasteiger partial charge in [-0.15, -0.1) is 0 Å². The van der Waals surface area contributed by atoms with E-state index in [9.17, 15) is 0 Å². The Balaban J connectivity index is 2.65. The van der Waals surface area contributed by atoms with E-state index in [1.165, 1.54) is 11.1 Å². The molecule has 1 aromatic rings. The van der Waals surface area contributed by atoms with Gasteiger partial charge in [-0.1, -0.05) is 0 Å². The Hall–Kier alpha value is -0.340. The van der Waals surface area contributed by atoms with Crippen LogP contribution in [0, 0.1) is 6.92 Å². The van der Waals surface area contributed by atoms with Crippen molar-refractivity contribution in [1.82, 2.24) is 0 Å². The molecule has 0 amide bonds. The number of thiophene rings is 1. The first-order chi connectivity index (χ1) is 4.70. The van der Waals surface area contributed by atoms with E-state index in [4.69, 9.17) is 5.73 Å². The number of aryl methyl sites for hydroxylation is 1. The molecule has 0 aliphatic rings. The van der Waals surface area contributed by atoms with Gasteiger partial charge in [-0.2, -0.15) is 11.3 Å². The van der Waals surface area contributed by atoms with Crippen LogP contribution in [0.15, 0.2) is 10.8 Å². The molecular formula is C8H13NS. The van der Waals surface area contributed by atoms with E-state index in [1.807, 2.05) is 6.92 Å². The van der Waals surface area contributed by atoms with Crippen molar-refractivity contribution >= 4 is 11.3 Å². The normalized spacial score (nSPS) is 13.5. The van der Waals surface area contributed by atoms with Crippen molar-refractivity contribution in [3.8, 4) is 0 Å². The van der Waals surface area contributed by atoms with Crippen molar-refractivity contribution in [1.29, 1.82) is 0 Å². The molecule has 1 rings (SSSR count). The summed E-state index contributed by atoms with van der Waals surface area (Å²) in [5.74, 6) is 0. The van der Waals surface area contributed by atoms with Crippen LogP contribution in [-0.2, 0) is 6.42 Å². The quantitative estimate of drug-likeness (QED) is 0.694. The molecule has 0 spiro atoms. The van der Waals surface area contributed by atoms with Crippen LogP contribution in [0.3, 0.4) is 0 Å². The molecule has 0 saturated heterocycles. The molecule has 56 valence electrons. The summed E-state index contributed by atoms with van der Waals surface area (Å²) in [6, 6.07) is 0.285. The van der Waals surface area contributed by atoms with E-state index in [0.29, 0.717) is 0 Å². The van der Waals surface area contributed by atoms with E-state index in [0.717, 1.165) is 6.42 Å². The van der Waals surface area contributed by atoms with Crippen LogP contribution in [0.2, 0.25) is 0 Å².